The largest absolute Gasteiger partial charge is 0.387 e. The maximum absolute atomic E-state index is 12.3. The van der Waals surface area contributed by atoms with E-state index in [9.17, 15) is 22.9 Å². The average Bonchev–Trinajstić information content (AvgIpc) is 2.77. The van der Waals surface area contributed by atoms with Gasteiger partial charge in [-0.05, 0) is 58.3 Å². The van der Waals surface area contributed by atoms with Gasteiger partial charge < -0.3 is 10.4 Å². The molecule has 0 aliphatic carbocycles. The molecule has 0 spiro atoms. The van der Waals surface area contributed by atoms with E-state index in [1.807, 2.05) is 13.0 Å². The second kappa shape index (κ2) is 21.8. The number of carbonyl (C=O) groups is 1. The summed E-state index contributed by atoms with van der Waals surface area (Å²) >= 11 is 0. The number of hydrogen-bond donors (Lipinski definition) is 3. The van der Waals surface area contributed by atoms with Crippen molar-refractivity contribution in [1.29, 1.82) is 0 Å². The SMILES string of the molecule is C/C=C/CC/C=C/CC/C=C/C(O)C(CS(=O)(=O)O)NC(=O)CCCCCCC/C=C\CCC. The Balaban J connectivity index is 4.30. The minimum atomic E-state index is -4.34. The Morgan fingerprint density at radius 3 is 2.03 bits per heavy atom. The fourth-order valence-electron chi connectivity index (χ4n) is 3.37. The Labute approximate surface area is 208 Å². The van der Waals surface area contributed by atoms with Gasteiger partial charge in [0.2, 0.25) is 5.91 Å². The van der Waals surface area contributed by atoms with Crippen molar-refractivity contribution < 1.29 is 22.9 Å². The number of amides is 1. The van der Waals surface area contributed by atoms with Crippen molar-refractivity contribution in [3.05, 3.63) is 48.6 Å². The van der Waals surface area contributed by atoms with Crippen molar-refractivity contribution in [2.45, 2.75) is 109 Å². The smallest absolute Gasteiger partial charge is 0.267 e. The van der Waals surface area contributed by atoms with Crippen molar-refractivity contribution in [3.8, 4) is 0 Å². The zero-order valence-corrected chi connectivity index (χ0v) is 22.0. The minimum Gasteiger partial charge on any atom is -0.387 e. The summed E-state index contributed by atoms with van der Waals surface area (Å²) in [7, 11) is -4.34. The lowest BCUT2D eigenvalue weighted by Crippen LogP contribution is -2.46. The first-order valence-corrected chi connectivity index (χ1v) is 14.4. The zero-order chi connectivity index (χ0) is 25.5. The Bertz CT molecular complexity index is 725. The van der Waals surface area contributed by atoms with Gasteiger partial charge >= 0.3 is 0 Å². The molecule has 0 saturated heterocycles. The lowest BCUT2D eigenvalue weighted by molar-refractivity contribution is -0.122. The number of hydrogen-bond acceptors (Lipinski definition) is 4. The maximum Gasteiger partial charge on any atom is 0.267 e. The van der Waals surface area contributed by atoms with Crippen molar-refractivity contribution in [2.75, 3.05) is 5.75 Å². The van der Waals surface area contributed by atoms with Gasteiger partial charge in [0.05, 0.1) is 17.9 Å². The fraction of sp³-hybridized carbons (Fsp3) is 0.667. The Kier molecular flexibility index (Phi) is 20.7. The molecule has 0 aromatic heterocycles. The molecular weight excluding hydrogens is 450 g/mol. The van der Waals surface area contributed by atoms with Gasteiger partial charge in [0, 0.05) is 6.42 Å². The topological polar surface area (TPSA) is 104 Å². The van der Waals surface area contributed by atoms with E-state index in [4.69, 9.17) is 0 Å². The standard InChI is InChI=1S/C27H47NO5S/c1-3-5-7-9-11-13-15-17-19-21-23-27(30)28-25(24-34(31,32)33)26(29)22-20-18-16-14-12-10-8-6-4-2/h4,6-7,9,12,14,20,22,25-26,29H,3,5,8,10-11,13,15-19,21,23-24H2,1-2H3,(H,28,30)(H,31,32,33)/b6-4+,9-7-,14-12+,22-20+. The summed E-state index contributed by atoms with van der Waals surface area (Å²) < 4.78 is 31.9. The van der Waals surface area contributed by atoms with E-state index in [-0.39, 0.29) is 12.3 Å². The van der Waals surface area contributed by atoms with Crippen LogP contribution in [0.5, 0.6) is 0 Å². The summed E-state index contributed by atoms with van der Waals surface area (Å²) in [4.78, 5) is 12.3. The van der Waals surface area contributed by atoms with E-state index in [0.717, 1.165) is 57.8 Å². The molecule has 0 aliphatic heterocycles. The molecule has 0 fully saturated rings. The van der Waals surface area contributed by atoms with E-state index in [1.54, 1.807) is 6.08 Å². The highest BCUT2D eigenvalue weighted by Crippen LogP contribution is 2.09. The minimum absolute atomic E-state index is 0.271. The molecule has 0 aliphatic rings. The van der Waals surface area contributed by atoms with Crippen LogP contribution in [0.15, 0.2) is 48.6 Å². The Morgan fingerprint density at radius 2 is 1.38 bits per heavy atom. The molecule has 196 valence electrons. The molecule has 0 heterocycles. The molecule has 0 saturated carbocycles. The van der Waals surface area contributed by atoms with Crippen molar-refractivity contribution >= 4 is 16.0 Å². The van der Waals surface area contributed by atoms with Crippen LogP contribution in [-0.2, 0) is 14.9 Å². The monoisotopic (exact) mass is 497 g/mol. The van der Waals surface area contributed by atoms with Gasteiger partial charge in [-0.25, -0.2) is 0 Å². The Morgan fingerprint density at radius 1 is 0.824 bits per heavy atom. The molecule has 0 radical (unpaired) electrons. The number of unbranched alkanes of at least 4 members (excludes halogenated alkanes) is 8. The van der Waals surface area contributed by atoms with Crippen LogP contribution in [0.25, 0.3) is 0 Å². The van der Waals surface area contributed by atoms with Gasteiger partial charge in [0.1, 0.15) is 0 Å². The summed E-state index contributed by atoms with van der Waals surface area (Å²) in [5.41, 5.74) is 0. The van der Waals surface area contributed by atoms with Crippen LogP contribution in [0, 0.1) is 0 Å². The summed E-state index contributed by atoms with van der Waals surface area (Å²) in [6.45, 7) is 4.16. The predicted molar refractivity (Wildman–Crippen MR) is 142 cm³/mol. The third-order valence-corrected chi connectivity index (χ3v) is 6.06. The number of aliphatic hydroxyl groups excluding tert-OH is 1. The highest BCUT2D eigenvalue weighted by Gasteiger charge is 2.24. The molecule has 34 heavy (non-hydrogen) atoms. The molecule has 7 heteroatoms. The maximum atomic E-state index is 12.3. The van der Waals surface area contributed by atoms with Crippen LogP contribution in [0.1, 0.15) is 97.3 Å². The molecule has 0 aromatic carbocycles. The van der Waals surface area contributed by atoms with Gasteiger partial charge in [-0.15, -0.1) is 0 Å². The van der Waals surface area contributed by atoms with Crippen molar-refractivity contribution in [3.63, 3.8) is 0 Å². The molecule has 6 nitrogen and oxygen atoms in total. The first kappa shape index (κ1) is 32.3. The highest BCUT2D eigenvalue weighted by atomic mass is 32.2. The molecular formula is C27H47NO5S. The van der Waals surface area contributed by atoms with Gasteiger partial charge in [-0.3, -0.25) is 9.35 Å². The Hall–Kier alpha value is -1.70. The lowest BCUT2D eigenvalue weighted by Gasteiger charge is -2.21. The molecule has 2 unspecified atom stereocenters. The van der Waals surface area contributed by atoms with Crippen LogP contribution >= 0.6 is 0 Å². The quantitative estimate of drug-likeness (QED) is 0.102. The lowest BCUT2D eigenvalue weighted by atomic mass is 10.1. The number of aliphatic hydroxyl groups is 1. The number of allylic oxidation sites excluding steroid dienone is 7. The molecule has 1 amide bonds. The van der Waals surface area contributed by atoms with Gasteiger partial charge in [-0.2, -0.15) is 8.42 Å². The van der Waals surface area contributed by atoms with Gasteiger partial charge in [-0.1, -0.05) is 81.2 Å². The number of rotatable bonds is 21. The zero-order valence-electron chi connectivity index (χ0n) is 21.2. The first-order chi connectivity index (χ1) is 16.3. The average molecular weight is 498 g/mol. The van der Waals surface area contributed by atoms with Gasteiger partial charge in [0.15, 0.2) is 0 Å². The van der Waals surface area contributed by atoms with Crippen LogP contribution in [-0.4, -0.2) is 41.9 Å². The van der Waals surface area contributed by atoms with E-state index >= 15 is 0 Å². The van der Waals surface area contributed by atoms with Crippen LogP contribution in [0.4, 0.5) is 0 Å². The van der Waals surface area contributed by atoms with E-state index < -0.39 is 28.0 Å². The number of carbonyl (C=O) groups excluding carboxylic acids is 1. The van der Waals surface area contributed by atoms with Crippen LogP contribution < -0.4 is 5.32 Å². The van der Waals surface area contributed by atoms with Crippen LogP contribution in [0.2, 0.25) is 0 Å². The van der Waals surface area contributed by atoms with Crippen molar-refractivity contribution in [1.82, 2.24) is 5.32 Å². The van der Waals surface area contributed by atoms with E-state index in [2.05, 4.69) is 42.6 Å². The van der Waals surface area contributed by atoms with E-state index in [0.29, 0.717) is 12.8 Å². The normalized spacial score (nSPS) is 14.6. The molecule has 3 N–H and O–H groups in total. The first-order valence-electron chi connectivity index (χ1n) is 12.8. The molecule has 2 atom stereocenters. The summed E-state index contributed by atoms with van der Waals surface area (Å²) in [5, 5.41) is 12.9. The predicted octanol–water partition coefficient (Wildman–Crippen LogP) is 6.06. The van der Waals surface area contributed by atoms with E-state index in [1.165, 1.54) is 12.5 Å². The molecule has 0 bridgehead atoms. The van der Waals surface area contributed by atoms with Crippen LogP contribution in [0.3, 0.4) is 0 Å². The molecule has 0 aromatic rings. The second-order valence-electron chi connectivity index (χ2n) is 8.60. The third-order valence-electron chi connectivity index (χ3n) is 5.28. The van der Waals surface area contributed by atoms with Crippen molar-refractivity contribution in [2.24, 2.45) is 0 Å². The van der Waals surface area contributed by atoms with Gasteiger partial charge in [0.25, 0.3) is 10.1 Å². The summed E-state index contributed by atoms with van der Waals surface area (Å²) in [6, 6.07) is -1.08. The molecule has 0 rings (SSSR count). The second-order valence-corrected chi connectivity index (χ2v) is 10.1. The summed E-state index contributed by atoms with van der Waals surface area (Å²) in [6.07, 6.45) is 27.0. The third kappa shape index (κ3) is 22.1. The summed E-state index contributed by atoms with van der Waals surface area (Å²) in [5.74, 6) is -1.03. The fourth-order valence-corrected chi connectivity index (χ4v) is 4.10. The highest BCUT2D eigenvalue weighted by molar-refractivity contribution is 7.85. The number of nitrogens with one attached hydrogen (secondary N) is 1.